The summed E-state index contributed by atoms with van der Waals surface area (Å²) in [5, 5.41) is 15.1. The number of benzene rings is 1. The molecule has 1 aromatic carbocycles. The first-order valence-electron chi connectivity index (χ1n) is 5.86. The fraction of sp³-hybridized carbons (Fsp3) is 0.231. The average Bonchev–Trinajstić information content (AvgIpc) is 2.39. The molecule has 1 unspecified atom stereocenters. The highest BCUT2D eigenvalue weighted by atomic mass is 16.5. The van der Waals surface area contributed by atoms with Gasteiger partial charge in [-0.2, -0.15) is 4.98 Å². The summed E-state index contributed by atoms with van der Waals surface area (Å²) < 4.78 is 5.09. The van der Waals surface area contributed by atoms with Crippen molar-refractivity contribution in [2.75, 3.05) is 17.7 Å². The third kappa shape index (κ3) is 3.82. The standard InChI is InChI=1S/C13H16N4O2/c1-9(18)15-12-7-8-14-13(17-12)16-10-3-5-11(19-2)6-4-10/h3-9,18H,1-2H3,(H2,14,15,16,17). The molecule has 0 bridgehead atoms. The van der Waals surface area contributed by atoms with Crippen LogP contribution in [-0.2, 0) is 0 Å². The summed E-state index contributed by atoms with van der Waals surface area (Å²) in [5.74, 6) is 1.80. The number of nitrogens with zero attached hydrogens (tertiary/aromatic N) is 2. The zero-order valence-corrected chi connectivity index (χ0v) is 10.8. The van der Waals surface area contributed by atoms with E-state index in [9.17, 15) is 5.11 Å². The molecule has 1 aromatic heterocycles. The van der Waals surface area contributed by atoms with E-state index in [2.05, 4.69) is 20.6 Å². The van der Waals surface area contributed by atoms with E-state index in [1.165, 1.54) is 0 Å². The van der Waals surface area contributed by atoms with Gasteiger partial charge >= 0.3 is 0 Å². The van der Waals surface area contributed by atoms with Crippen LogP contribution in [-0.4, -0.2) is 28.4 Å². The Morgan fingerprint density at radius 1 is 1.21 bits per heavy atom. The van der Waals surface area contributed by atoms with E-state index in [-0.39, 0.29) is 0 Å². The number of aliphatic hydroxyl groups excluding tert-OH is 1. The second-order valence-electron chi connectivity index (χ2n) is 3.94. The molecular formula is C13H16N4O2. The molecule has 0 aliphatic rings. The highest BCUT2D eigenvalue weighted by Crippen LogP contribution is 2.18. The number of hydrogen-bond donors (Lipinski definition) is 3. The predicted octanol–water partition coefficient (Wildman–Crippen LogP) is 1.98. The maximum atomic E-state index is 9.24. The van der Waals surface area contributed by atoms with E-state index < -0.39 is 6.23 Å². The van der Waals surface area contributed by atoms with Crippen molar-refractivity contribution in [2.45, 2.75) is 13.2 Å². The molecule has 1 heterocycles. The van der Waals surface area contributed by atoms with Gasteiger partial charge in [0, 0.05) is 11.9 Å². The summed E-state index contributed by atoms with van der Waals surface area (Å²) >= 11 is 0. The maximum absolute atomic E-state index is 9.24. The Bertz CT molecular complexity index is 528. The molecule has 0 aliphatic heterocycles. The number of anilines is 3. The first-order valence-corrected chi connectivity index (χ1v) is 5.86. The Morgan fingerprint density at radius 2 is 1.95 bits per heavy atom. The molecule has 0 radical (unpaired) electrons. The Balaban J connectivity index is 2.09. The summed E-state index contributed by atoms with van der Waals surface area (Å²) in [5.41, 5.74) is 0.856. The second-order valence-corrected chi connectivity index (χ2v) is 3.94. The number of methoxy groups -OCH3 is 1. The van der Waals surface area contributed by atoms with Crippen LogP contribution in [0.25, 0.3) is 0 Å². The zero-order chi connectivity index (χ0) is 13.7. The lowest BCUT2D eigenvalue weighted by Gasteiger charge is -2.10. The van der Waals surface area contributed by atoms with Crippen molar-refractivity contribution in [1.29, 1.82) is 0 Å². The minimum Gasteiger partial charge on any atom is -0.497 e. The summed E-state index contributed by atoms with van der Waals surface area (Å²) in [6, 6.07) is 9.13. The van der Waals surface area contributed by atoms with E-state index >= 15 is 0 Å². The molecule has 2 aromatic rings. The molecule has 3 N–H and O–H groups in total. The van der Waals surface area contributed by atoms with Gasteiger partial charge < -0.3 is 20.5 Å². The van der Waals surface area contributed by atoms with Crippen LogP contribution in [0, 0.1) is 0 Å². The van der Waals surface area contributed by atoms with Crippen molar-refractivity contribution in [3.63, 3.8) is 0 Å². The first-order chi connectivity index (χ1) is 9.17. The van der Waals surface area contributed by atoms with E-state index in [0.717, 1.165) is 11.4 Å². The lowest BCUT2D eigenvalue weighted by Crippen LogP contribution is -2.14. The molecule has 0 saturated carbocycles. The molecule has 19 heavy (non-hydrogen) atoms. The van der Waals surface area contributed by atoms with Gasteiger partial charge in [0.05, 0.1) is 7.11 Å². The SMILES string of the molecule is COc1ccc(Nc2nccc(NC(C)O)n2)cc1. The van der Waals surface area contributed by atoms with Crippen molar-refractivity contribution in [3.05, 3.63) is 36.5 Å². The molecular weight excluding hydrogens is 244 g/mol. The minimum absolute atomic E-state index is 0.454. The molecule has 0 fully saturated rings. The summed E-state index contributed by atoms with van der Waals surface area (Å²) in [7, 11) is 1.62. The largest absolute Gasteiger partial charge is 0.497 e. The molecule has 1 atom stereocenters. The normalized spacial score (nSPS) is 11.7. The summed E-state index contributed by atoms with van der Waals surface area (Å²) in [6.07, 6.45) is 0.951. The fourth-order valence-corrected chi connectivity index (χ4v) is 1.52. The van der Waals surface area contributed by atoms with E-state index in [1.54, 1.807) is 26.3 Å². The van der Waals surface area contributed by atoms with Gasteiger partial charge in [-0.25, -0.2) is 4.98 Å². The summed E-state index contributed by atoms with van der Waals surface area (Å²) in [6.45, 7) is 1.62. The van der Waals surface area contributed by atoms with Crippen LogP contribution in [0.2, 0.25) is 0 Å². The Labute approximate surface area is 111 Å². The van der Waals surface area contributed by atoms with Crippen LogP contribution in [0.5, 0.6) is 5.75 Å². The average molecular weight is 260 g/mol. The number of rotatable bonds is 5. The second kappa shape index (κ2) is 6.01. The topological polar surface area (TPSA) is 79.3 Å². The molecule has 6 nitrogen and oxygen atoms in total. The van der Waals surface area contributed by atoms with Crippen molar-refractivity contribution in [2.24, 2.45) is 0 Å². The fourth-order valence-electron chi connectivity index (χ4n) is 1.52. The zero-order valence-electron chi connectivity index (χ0n) is 10.8. The molecule has 0 aliphatic carbocycles. The maximum Gasteiger partial charge on any atom is 0.229 e. The number of nitrogens with one attached hydrogen (secondary N) is 2. The third-order valence-electron chi connectivity index (χ3n) is 2.36. The van der Waals surface area contributed by atoms with Crippen LogP contribution < -0.4 is 15.4 Å². The van der Waals surface area contributed by atoms with Crippen LogP contribution in [0.1, 0.15) is 6.92 Å². The van der Waals surface area contributed by atoms with Gasteiger partial charge in [0.1, 0.15) is 17.8 Å². The van der Waals surface area contributed by atoms with Crippen molar-refractivity contribution >= 4 is 17.5 Å². The molecule has 0 amide bonds. The molecule has 100 valence electrons. The molecule has 2 rings (SSSR count). The van der Waals surface area contributed by atoms with Gasteiger partial charge in [-0.05, 0) is 37.3 Å². The third-order valence-corrected chi connectivity index (χ3v) is 2.36. The van der Waals surface area contributed by atoms with Crippen molar-refractivity contribution in [1.82, 2.24) is 9.97 Å². The van der Waals surface area contributed by atoms with Crippen molar-refractivity contribution in [3.8, 4) is 5.75 Å². The summed E-state index contributed by atoms with van der Waals surface area (Å²) in [4.78, 5) is 8.34. The van der Waals surface area contributed by atoms with E-state index in [0.29, 0.717) is 11.8 Å². The molecule has 0 spiro atoms. The van der Waals surface area contributed by atoms with Crippen LogP contribution in [0.15, 0.2) is 36.5 Å². The van der Waals surface area contributed by atoms with Crippen LogP contribution in [0.4, 0.5) is 17.5 Å². The van der Waals surface area contributed by atoms with Gasteiger partial charge in [-0.15, -0.1) is 0 Å². The van der Waals surface area contributed by atoms with Gasteiger partial charge in [-0.1, -0.05) is 0 Å². The molecule has 6 heteroatoms. The predicted molar refractivity (Wildman–Crippen MR) is 73.6 cm³/mol. The minimum atomic E-state index is -0.663. The number of aliphatic hydroxyl groups is 1. The highest BCUT2D eigenvalue weighted by Gasteiger charge is 2.02. The van der Waals surface area contributed by atoms with Gasteiger partial charge in [0.2, 0.25) is 5.95 Å². The quantitative estimate of drug-likeness (QED) is 0.713. The smallest absolute Gasteiger partial charge is 0.229 e. The molecule has 0 saturated heterocycles. The van der Waals surface area contributed by atoms with Gasteiger partial charge in [-0.3, -0.25) is 0 Å². The van der Waals surface area contributed by atoms with Crippen LogP contribution >= 0.6 is 0 Å². The Morgan fingerprint density at radius 3 is 2.58 bits per heavy atom. The number of ether oxygens (including phenoxy) is 1. The van der Waals surface area contributed by atoms with E-state index in [4.69, 9.17) is 4.74 Å². The van der Waals surface area contributed by atoms with Gasteiger partial charge in [0.25, 0.3) is 0 Å². The van der Waals surface area contributed by atoms with Gasteiger partial charge in [0.15, 0.2) is 0 Å². The Hall–Kier alpha value is -2.34. The number of hydrogen-bond acceptors (Lipinski definition) is 6. The van der Waals surface area contributed by atoms with E-state index in [1.807, 2.05) is 24.3 Å². The monoisotopic (exact) mass is 260 g/mol. The lowest BCUT2D eigenvalue weighted by molar-refractivity contribution is 0.224. The van der Waals surface area contributed by atoms with Crippen molar-refractivity contribution < 1.29 is 9.84 Å². The highest BCUT2D eigenvalue weighted by molar-refractivity contribution is 5.55. The number of aromatic nitrogens is 2. The van der Waals surface area contributed by atoms with Crippen LogP contribution in [0.3, 0.4) is 0 Å². The Kier molecular flexibility index (Phi) is 4.15. The lowest BCUT2D eigenvalue weighted by atomic mass is 10.3. The first kappa shape index (κ1) is 13.1.